The Morgan fingerprint density at radius 3 is 1.24 bits per heavy atom. The van der Waals surface area contributed by atoms with E-state index in [0.29, 0.717) is 19.4 Å². The molecule has 0 aromatic carbocycles. The fourth-order valence-corrected chi connectivity index (χ4v) is 11.2. The molecule has 0 saturated carbocycles. The van der Waals surface area contributed by atoms with Crippen molar-refractivity contribution in [3.8, 4) is 0 Å². The van der Waals surface area contributed by atoms with Crippen LogP contribution < -0.4 is 5.32 Å². The van der Waals surface area contributed by atoms with Gasteiger partial charge in [-0.15, -0.1) is 0 Å². The third-order valence-electron chi connectivity index (χ3n) is 17.0. The van der Waals surface area contributed by atoms with Crippen molar-refractivity contribution in [1.82, 2.24) is 5.32 Å². The molecule has 1 aliphatic heterocycles. The first kappa shape index (κ1) is 82.1. The largest absolute Gasteiger partial charge is 0.466 e. The number of hydrogen-bond donors (Lipinski definition) is 6. The molecule has 1 fully saturated rings. The average Bonchev–Trinajstić information content (AvgIpc) is 2.79. The van der Waals surface area contributed by atoms with Gasteiger partial charge in [0.15, 0.2) is 6.29 Å². The zero-order chi connectivity index (χ0) is 63.0. The van der Waals surface area contributed by atoms with Gasteiger partial charge in [0.2, 0.25) is 5.91 Å². The minimum absolute atomic E-state index is 0.0100. The second kappa shape index (κ2) is 64.6. The summed E-state index contributed by atoms with van der Waals surface area (Å²) >= 11 is 0. The van der Waals surface area contributed by atoms with Crippen LogP contribution in [-0.2, 0) is 23.8 Å². The van der Waals surface area contributed by atoms with E-state index in [-0.39, 0.29) is 18.5 Å². The lowest BCUT2D eigenvalue weighted by Crippen LogP contribution is -2.60. The predicted molar refractivity (Wildman–Crippen MR) is 366 cm³/mol. The molecule has 1 aliphatic rings. The molecule has 0 aromatic rings. The van der Waals surface area contributed by atoms with E-state index in [0.717, 1.165) is 70.6 Å². The molecule has 87 heavy (non-hydrogen) atoms. The summed E-state index contributed by atoms with van der Waals surface area (Å²) in [5.41, 5.74) is 0. The number of amides is 1. The van der Waals surface area contributed by atoms with Crippen molar-refractivity contribution in [2.45, 2.75) is 378 Å². The van der Waals surface area contributed by atoms with Crippen LogP contribution in [0, 0.1) is 0 Å². The molecule has 0 aromatic heterocycles. The third kappa shape index (κ3) is 53.5. The fourth-order valence-electron chi connectivity index (χ4n) is 11.2. The number of hydrogen-bond acceptors (Lipinski definition) is 10. The average molecular weight is 1220 g/mol. The highest BCUT2D eigenvalue weighted by Crippen LogP contribution is 2.23. The highest BCUT2D eigenvalue weighted by molar-refractivity contribution is 5.76. The van der Waals surface area contributed by atoms with Crippen LogP contribution in [0.2, 0.25) is 0 Å². The second-order valence-corrected chi connectivity index (χ2v) is 25.3. The van der Waals surface area contributed by atoms with Crippen molar-refractivity contribution < 1.29 is 49.3 Å². The number of aliphatic hydroxyl groups is 5. The number of carbonyl (C=O) groups is 2. The van der Waals surface area contributed by atoms with Gasteiger partial charge < -0.3 is 45.1 Å². The van der Waals surface area contributed by atoms with E-state index in [4.69, 9.17) is 14.2 Å². The van der Waals surface area contributed by atoms with Gasteiger partial charge in [-0.2, -0.15) is 0 Å². The van der Waals surface area contributed by atoms with E-state index in [1.54, 1.807) is 6.08 Å². The van der Waals surface area contributed by atoms with Crippen molar-refractivity contribution in [2.24, 2.45) is 0 Å². The molecule has 1 saturated heterocycles. The fraction of sp³-hybridized carbons (Fsp3) is 0.816. The SMILES string of the molecule is CCCC/C=C\C/C=C\CCCCCCCC(=O)OCCCCCCCCCCC/C=C\C/C=C\CCCCCCCCCCCCCCCCCC(=O)NC(COC1OC(CO)C(O)C(O)C1O)C(O)/C=C/CC/C=C/CCCCCCCCCC. The minimum Gasteiger partial charge on any atom is -0.466 e. The Balaban J connectivity index is 1.98. The number of nitrogens with one attached hydrogen (secondary N) is 1. The Bertz CT molecular complexity index is 1680. The molecule has 0 aliphatic carbocycles. The summed E-state index contributed by atoms with van der Waals surface area (Å²) in [7, 11) is 0. The maximum Gasteiger partial charge on any atom is 0.305 e. The quantitative estimate of drug-likeness (QED) is 0.0195. The molecule has 7 atom stereocenters. The van der Waals surface area contributed by atoms with Gasteiger partial charge in [-0.05, 0) is 103 Å². The van der Waals surface area contributed by atoms with Crippen LogP contribution >= 0.6 is 0 Å². The molecule has 7 unspecified atom stereocenters. The monoisotopic (exact) mass is 1220 g/mol. The summed E-state index contributed by atoms with van der Waals surface area (Å²) in [4.78, 5) is 25.1. The van der Waals surface area contributed by atoms with E-state index in [1.165, 1.54) is 238 Å². The van der Waals surface area contributed by atoms with Gasteiger partial charge in [0, 0.05) is 12.8 Å². The van der Waals surface area contributed by atoms with E-state index in [2.05, 4.69) is 79.9 Å². The van der Waals surface area contributed by atoms with Crippen molar-refractivity contribution in [3.63, 3.8) is 0 Å². The van der Waals surface area contributed by atoms with E-state index < -0.39 is 49.5 Å². The standard InChI is InChI=1S/C76H137NO10/c1-3-5-7-9-11-13-15-17-38-42-46-50-54-58-62-69(79)68(67-86-76-75(84)74(83)73(82)70(66-78)87-76)77-71(80)63-59-55-51-47-43-39-36-34-32-30-28-26-24-22-20-19-21-23-25-27-29-31-33-35-37-41-45-49-53-57-61-65-85-72(81)64-60-56-52-48-44-40-18-16-14-12-10-8-6-4-2/h10,12,16,18,21,23,27,29,42,46,58,62,68-70,73-76,78-79,82-84H,3-9,11,13-15,17,19-20,22,24-26,28,30-41,43-45,47-57,59-61,63-67H2,1-2H3,(H,77,80)/b12-10-,18-16-,23-21-,29-27-,46-42+,62-58+. The Morgan fingerprint density at radius 1 is 0.425 bits per heavy atom. The van der Waals surface area contributed by atoms with Crippen molar-refractivity contribution in [2.75, 3.05) is 19.8 Å². The van der Waals surface area contributed by atoms with Crippen LogP contribution in [0.1, 0.15) is 335 Å². The Labute approximate surface area is 534 Å². The summed E-state index contributed by atoms with van der Waals surface area (Å²) in [6.07, 6.45) is 77.5. The number of aliphatic hydroxyl groups excluding tert-OH is 5. The number of rotatable bonds is 64. The maximum absolute atomic E-state index is 13.1. The van der Waals surface area contributed by atoms with Crippen LogP contribution in [0.4, 0.5) is 0 Å². The Kier molecular flexibility index (Phi) is 61.0. The first-order valence-electron chi connectivity index (χ1n) is 36.7. The second-order valence-electron chi connectivity index (χ2n) is 25.3. The lowest BCUT2D eigenvalue weighted by Gasteiger charge is -2.40. The van der Waals surface area contributed by atoms with Crippen molar-refractivity contribution in [1.29, 1.82) is 0 Å². The summed E-state index contributed by atoms with van der Waals surface area (Å²) in [6, 6.07) is -0.829. The van der Waals surface area contributed by atoms with Gasteiger partial charge in [-0.25, -0.2) is 0 Å². The molecular formula is C76H137NO10. The molecule has 1 amide bonds. The van der Waals surface area contributed by atoms with Crippen molar-refractivity contribution >= 4 is 11.9 Å². The topological polar surface area (TPSA) is 175 Å². The smallest absolute Gasteiger partial charge is 0.305 e. The molecular weight excluding hydrogens is 1090 g/mol. The third-order valence-corrected chi connectivity index (χ3v) is 17.0. The number of unbranched alkanes of at least 4 members (excludes halogenated alkanes) is 40. The van der Waals surface area contributed by atoms with Crippen LogP contribution in [0.5, 0.6) is 0 Å². The number of allylic oxidation sites excluding steroid dienone is 11. The number of carbonyl (C=O) groups excluding carboxylic acids is 2. The van der Waals surface area contributed by atoms with Crippen LogP contribution in [-0.4, -0.2) is 100 Å². The van der Waals surface area contributed by atoms with Crippen LogP contribution in [0.3, 0.4) is 0 Å². The molecule has 0 bridgehead atoms. The summed E-state index contributed by atoms with van der Waals surface area (Å²) in [5.74, 6) is -0.201. The normalized spacial score (nSPS) is 18.3. The summed E-state index contributed by atoms with van der Waals surface area (Å²) < 4.78 is 16.7. The summed E-state index contributed by atoms with van der Waals surface area (Å²) in [5, 5.41) is 54.5. The van der Waals surface area contributed by atoms with E-state index >= 15 is 0 Å². The minimum atomic E-state index is -1.58. The first-order valence-corrected chi connectivity index (χ1v) is 36.7. The van der Waals surface area contributed by atoms with Gasteiger partial charge >= 0.3 is 5.97 Å². The molecule has 11 heteroatoms. The lowest BCUT2D eigenvalue weighted by atomic mass is 9.99. The summed E-state index contributed by atoms with van der Waals surface area (Å²) in [6.45, 7) is 4.30. The zero-order valence-corrected chi connectivity index (χ0v) is 56.2. The lowest BCUT2D eigenvalue weighted by molar-refractivity contribution is -0.302. The Hall–Kier alpha value is -2.90. The van der Waals surface area contributed by atoms with Gasteiger partial charge in [0.05, 0.1) is 32.0 Å². The van der Waals surface area contributed by atoms with Crippen molar-refractivity contribution in [3.05, 3.63) is 72.9 Å². The maximum atomic E-state index is 13.1. The first-order chi connectivity index (χ1) is 42.7. The van der Waals surface area contributed by atoms with Gasteiger partial charge in [-0.1, -0.05) is 292 Å². The molecule has 0 radical (unpaired) electrons. The number of ether oxygens (including phenoxy) is 3. The zero-order valence-electron chi connectivity index (χ0n) is 56.2. The molecule has 0 spiro atoms. The molecule has 6 N–H and O–H groups in total. The molecule has 11 nitrogen and oxygen atoms in total. The van der Waals surface area contributed by atoms with Gasteiger partial charge in [0.25, 0.3) is 0 Å². The Morgan fingerprint density at radius 2 is 0.793 bits per heavy atom. The van der Waals surface area contributed by atoms with E-state index in [9.17, 15) is 35.1 Å². The van der Waals surface area contributed by atoms with Gasteiger partial charge in [-0.3, -0.25) is 9.59 Å². The molecule has 1 heterocycles. The van der Waals surface area contributed by atoms with E-state index in [1.807, 2.05) is 6.08 Å². The van der Waals surface area contributed by atoms with Crippen LogP contribution in [0.15, 0.2) is 72.9 Å². The van der Waals surface area contributed by atoms with Gasteiger partial charge in [0.1, 0.15) is 24.4 Å². The highest BCUT2D eigenvalue weighted by Gasteiger charge is 2.44. The molecule has 506 valence electrons. The van der Waals surface area contributed by atoms with Crippen LogP contribution in [0.25, 0.3) is 0 Å². The highest BCUT2D eigenvalue weighted by atomic mass is 16.7. The number of esters is 1. The molecule has 1 rings (SSSR count). The predicted octanol–water partition coefficient (Wildman–Crippen LogP) is 19.1.